The van der Waals surface area contributed by atoms with Crippen LogP contribution in [0.4, 0.5) is 5.69 Å². The number of carbonyl (C=O) groups is 3. The van der Waals surface area contributed by atoms with E-state index in [1.165, 1.54) is 29.1 Å². The molecule has 1 aromatic heterocycles. The molecule has 2 aliphatic carbocycles. The van der Waals surface area contributed by atoms with Gasteiger partial charge in [-0.3, -0.25) is 23.8 Å². The molecule has 2 amide bonds. The third-order valence-electron chi connectivity index (χ3n) is 12.7. The summed E-state index contributed by atoms with van der Waals surface area (Å²) in [5.74, 6) is -1.51. The highest BCUT2D eigenvalue weighted by Crippen LogP contribution is 2.47. The number of halogens is 1. The van der Waals surface area contributed by atoms with Crippen molar-refractivity contribution in [2.24, 2.45) is 40.8 Å². The summed E-state index contributed by atoms with van der Waals surface area (Å²) in [4.78, 5) is 43.8. The predicted octanol–water partition coefficient (Wildman–Crippen LogP) is 6.41. The first-order valence-corrected chi connectivity index (χ1v) is 22.2. The van der Waals surface area contributed by atoms with E-state index in [1.807, 2.05) is 39.0 Å². The third-order valence-corrected chi connectivity index (χ3v) is 15.3. The summed E-state index contributed by atoms with van der Waals surface area (Å²) in [6.07, 6.45) is 9.77. The minimum Gasteiger partial charge on any atom is -0.490 e. The van der Waals surface area contributed by atoms with E-state index in [9.17, 15) is 14.4 Å². The number of amides is 2. The zero-order valence-electron chi connectivity index (χ0n) is 34.1. The van der Waals surface area contributed by atoms with Gasteiger partial charge in [-0.05, 0) is 111 Å². The molecule has 2 aliphatic heterocycles. The summed E-state index contributed by atoms with van der Waals surface area (Å²) in [6.45, 7) is 9.05. The number of nitrogens with one attached hydrogen (secondary N) is 1. The van der Waals surface area contributed by atoms with E-state index in [1.54, 1.807) is 32.2 Å². The lowest BCUT2D eigenvalue weighted by atomic mass is 9.68. The summed E-state index contributed by atoms with van der Waals surface area (Å²) in [6, 6.07) is 10.5. The number of benzene rings is 2. The molecule has 1 saturated carbocycles. The van der Waals surface area contributed by atoms with Crippen molar-refractivity contribution in [3.8, 4) is 11.6 Å². The Morgan fingerprint density at radius 2 is 1.95 bits per heavy atom. The van der Waals surface area contributed by atoms with E-state index in [0.29, 0.717) is 36.9 Å². The first-order chi connectivity index (χ1) is 27.6. The first-order valence-electron chi connectivity index (χ1n) is 20.2. The minimum atomic E-state index is -3.78. The zero-order valence-corrected chi connectivity index (χ0v) is 35.7. The molecule has 1 unspecified atom stereocenters. The summed E-state index contributed by atoms with van der Waals surface area (Å²) < 4.78 is 41.7. The molecule has 3 heterocycles. The number of esters is 1. The molecule has 312 valence electrons. The van der Waals surface area contributed by atoms with Crippen molar-refractivity contribution in [1.82, 2.24) is 14.5 Å². The highest BCUT2D eigenvalue weighted by atomic mass is 35.5. The Hall–Kier alpha value is -4.40. The lowest BCUT2D eigenvalue weighted by molar-refractivity contribution is -0.154. The van der Waals surface area contributed by atoms with Crippen LogP contribution in [0.3, 0.4) is 0 Å². The van der Waals surface area contributed by atoms with Crippen LogP contribution in [0.2, 0.25) is 5.02 Å². The molecule has 8 atom stereocenters. The fourth-order valence-electron chi connectivity index (χ4n) is 8.81. The van der Waals surface area contributed by atoms with Crippen molar-refractivity contribution in [2.45, 2.75) is 89.0 Å². The van der Waals surface area contributed by atoms with Gasteiger partial charge in [-0.25, -0.2) is 4.21 Å². The molecule has 15 heteroatoms. The molecule has 13 nitrogen and oxygen atoms in total. The molecule has 2 bridgehead atoms. The predicted molar refractivity (Wildman–Crippen MR) is 224 cm³/mol. The normalized spacial score (nSPS) is 29.4. The van der Waals surface area contributed by atoms with E-state index in [4.69, 9.17) is 31.5 Å². The molecule has 1 spiro atoms. The number of methoxy groups -OCH3 is 1. The van der Waals surface area contributed by atoms with Gasteiger partial charge in [0.05, 0.1) is 24.7 Å². The molecule has 7 rings (SSSR count). The maximum Gasteiger partial charge on any atom is 0.323 e. The number of hydrogen-bond donors (Lipinski definition) is 2. The van der Waals surface area contributed by atoms with E-state index in [0.717, 1.165) is 37.8 Å². The van der Waals surface area contributed by atoms with Gasteiger partial charge in [-0.2, -0.15) is 0 Å². The molecule has 58 heavy (non-hydrogen) atoms. The van der Waals surface area contributed by atoms with E-state index in [-0.39, 0.29) is 46.1 Å². The monoisotopic (exact) mass is 834 g/mol. The molecular formula is C43H55ClN6O7S. The molecule has 0 saturated heterocycles. The second-order valence-corrected chi connectivity index (χ2v) is 19.6. The van der Waals surface area contributed by atoms with Crippen LogP contribution < -0.4 is 24.8 Å². The van der Waals surface area contributed by atoms with Gasteiger partial charge in [0, 0.05) is 48.3 Å². The summed E-state index contributed by atoms with van der Waals surface area (Å²) in [7, 11) is -0.751. The Kier molecular flexibility index (Phi) is 12.0. The van der Waals surface area contributed by atoms with E-state index < -0.39 is 45.1 Å². The number of nitrogens with two attached hydrogens (primary N) is 1. The number of ether oxygens (including phenoxy) is 3. The van der Waals surface area contributed by atoms with Gasteiger partial charge < -0.3 is 24.8 Å². The van der Waals surface area contributed by atoms with Crippen molar-refractivity contribution in [3.63, 3.8) is 0 Å². The number of fused-ring (bicyclic) bond motifs is 4. The van der Waals surface area contributed by atoms with Crippen molar-refractivity contribution >= 4 is 45.0 Å². The number of allylic oxidation sites excluding steroid dienone is 1. The van der Waals surface area contributed by atoms with Crippen LogP contribution in [0.15, 0.2) is 59.1 Å². The van der Waals surface area contributed by atoms with E-state index in [2.05, 4.69) is 31.2 Å². The second kappa shape index (κ2) is 16.7. The highest BCUT2D eigenvalue weighted by molar-refractivity contribution is 7.93. The number of aromatic nitrogens is 2. The van der Waals surface area contributed by atoms with Gasteiger partial charge in [-0.1, -0.05) is 44.5 Å². The lowest BCUT2D eigenvalue weighted by Gasteiger charge is -2.46. The summed E-state index contributed by atoms with van der Waals surface area (Å²) in [5, 5.41) is 4.07. The standard InChI is InChI=1S/C43H55ClN6O7S/c1-25(2)38(45)42(53)57-36-11-7-9-26(3)27(4)58(54,48-40(52)33-22-49(5)46-41(33)55-6)47-39(51)29-13-17-37-35(20-29)50(21-30-12-15-32(30)36)23-43(24-56-37)18-8-10-28-19-31(44)14-16-34(28)43/h7,11,13-14,16-17,19-20,22,25-27,30,32,36,38H,8-10,12,15,18,21,23-24,45H2,1-6H3,(H,47,48,51,52,54)/b11-7+/t26-,27+,30-,32+,36-,38-,43-,58?/m0/s1. The second-order valence-electron chi connectivity index (χ2n) is 16.9. The largest absolute Gasteiger partial charge is 0.490 e. The average molecular weight is 835 g/mol. The minimum absolute atomic E-state index is 0.0130. The van der Waals surface area contributed by atoms with Gasteiger partial charge >= 0.3 is 5.97 Å². The number of carbonyl (C=O) groups excluding carboxylic acids is 3. The Morgan fingerprint density at radius 3 is 2.67 bits per heavy atom. The molecule has 0 radical (unpaired) electrons. The van der Waals surface area contributed by atoms with Crippen LogP contribution in [-0.2, 0) is 38.3 Å². The van der Waals surface area contributed by atoms with Crippen molar-refractivity contribution in [3.05, 3.63) is 82.0 Å². The van der Waals surface area contributed by atoms with Crippen molar-refractivity contribution < 1.29 is 32.8 Å². The van der Waals surface area contributed by atoms with Crippen LogP contribution in [0.25, 0.3) is 0 Å². The fraction of sp³-hybridized carbons (Fsp3) is 0.535. The Labute approximate surface area is 346 Å². The Balaban J connectivity index is 1.33. The van der Waals surface area contributed by atoms with Gasteiger partial charge in [-0.15, -0.1) is 9.46 Å². The van der Waals surface area contributed by atoms with Gasteiger partial charge in [0.1, 0.15) is 33.4 Å². The van der Waals surface area contributed by atoms with Crippen molar-refractivity contribution in [1.29, 1.82) is 0 Å². The van der Waals surface area contributed by atoms with Gasteiger partial charge in [0.15, 0.2) is 0 Å². The van der Waals surface area contributed by atoms with E-state index >= 15 is 4.21 Å². The SMILES string of the molecule is COc1nn(C)cc1C(=O)NS1(=O)=NC(=O)c2ccc3c(c2)N(C[C@@H]2CC[C@H]2[C@@H](OC(=O)[C@@H](N)C(C)C)/C=C/C[C@H](C)[C@H]1C)C[C@@]1(CCCc2cc(Cl)ccc21)CO3. The lowest BCUT2D eigenvalue weighted by Crippen LogP contribution is -2.50. The molecule has 4 aliphatic rings. The summed E-state index contributed by atoms with van der Waals surface area (Å²) >= 11 is 6.49. The zero-order chi connectivity index (χ0) is 41.5. The third kappa shape index (κ3) is 8.24. The number of nitrogens with zero attached hydrogens (tertiary/aromatic N) is 4. The molecule has 1 fully saturated rings. The van der Waals surface area contributed by atoms with Crippen LogP contribution in [0.1, 0.15) is 91.6 Å². The quantitative estimate of drug-likeness (QED) is 0.209. The molecular weight excluding hydrogens is 780 g/mol. The first kappa shape index (κ1) is 41.7. The highest BCUT2D eigenvalue weighted by Gasteiger charge is 2.45. The Bertz CT molecular complexity index is 2230. The number of aryl methyl sites for hydroxylation is 2. The fourth-order valence-corrected chi connectivity index (χ4v) is 10.9. The van der Waals surface area contributed by atoms with Crippen molar-refractivity contribution in [2.75, 3.05) is 31.7 Å². The molecule has 3 N–H and O–H groups in total. The topological polar surface area (TPSA) is 167 Å². The number of hydrogen-bond acceptors (Lipinski definition) is 10. The van der Waals surface area contributed by atoms with Gasteiger partial charge in [0.2, 0.25) is 5.88 Å². The summed E-state index contributed by atoms with van der Waals surface area (Å²) in [5.41, 5.74) is 9.35. The molecule has 2 aromatic carbocycles. The number of anilines is 1. The van der Waals surface area contributed by atoms with Crippen LogP contribution in [0, 0.1) is 23.7 Å². The average Bonchev–Trinajstić information content (AvgIpc) is 3.50. The smallest absolute Gasteiger partial charge is 0.323 e. The maximum absolute atomic E-state index is 15.1. The van der Waals surface area contributed by atoms with Crippen LogP contribution in [0.5, 0.6) is 11.6 Å². The molecule has 3 aromatic rings. The van der Waals surface area contributed by atoms with Crippen LogP contribution in [-0.4, -0.2) is 76.0 Å². The van der Waals surface area contributed by atoms with Crippen LogP contribution >= 0.6 is 11.6 Å². The Morgan fingerprint density at radius 1 is 1.16 bits per heavy atom. The van der Waals surface area contributed by atoms with Gasteiger partial charge in [0.25, 0.3) is 11.8 Å². The maximum atomic E-state index is 15.1. The number of rotatable bonds is 6.